The zero-order valence-corrected chi connectivity index (χ0v) is 13.6. The summed E-state index contributed by atoms with van der Waals surface area (Å²) >= 11 is 0. The van der Waals surface area contributed by atoms with E-state index in [0.29, 0.717) is 30.9 Å². The van der Waals surface area contributed by atoms with Crippen LogP contribution in [0.25, 0.3) is 0 Å². The van der Waals surface area contributed by atoms with Crippen LogP contribution in [0.15, 0.2) is 18.2 Å². The highest BCUT2D eigenvalue weighted by molar-refractivity contribution is 5.96. The van der Waals surface area contributed by atoms with Gasteiger partial charge < -0.3 is 15.0 Å². The van der Waals surface area contributed by atoms with Crippen LogP contribution in [0.5, 0.6) is 0 Å². The molecule has 1 fully saturated rings. The number of nitrogens with one attached hydrogen (secondary N) is 1. The second kappa shape index (κ2) is 7.92. The lowest BCUT2D eigenvalue weighted by molar-refractivity contribution is -0.384. The zero-order valence-electron chi connectivity index (χ0n) is 13.6. The lowest BCUT2D eigenvalue weighted by Gasteiger charge is -2.33. The molecule has 126 valence electrons. The molecule has 1 saturated heterocycles. The van der Waals surface area contributed by atoms with Crippen molar-refractivity contribution >= 4 is 17.3 Å². The molecule has 7 nitrogen and oxygen atoms in total. The second-order valence-corrected chi connectivity index (χ2v) is 5.75. The predicted molar refractivity (Wildman–Crippen MR) is 87.8 cm³/mol. The topological polar surface area (TPSA) is 84.7 Å². The summed E-state index contributed by atoms with van der Waals surface area (Å²) in [6.45, 7) is 3.64. The van der Waals surface area contributed by atoms with E-state index in [1.54, 1.807) is 24.1 Å². The second-order valence-electron chi connectivity index (χ2n) is 5.75. The molecule has 0 radical (unpaired) electrons. The Morgan fingerprint density at radius 2 is 2.26 bits per heavy atom. The van der Waals surface area contributed by atoms with Gasteiger partial charge in [-0.1, -0.05) is 0 Å². The van der Waals surface area contributed by atoms with Gasteiger partial charge in [-0.15, -0.1) is 0 Å². The highest BCUT2D eigenvalue weighted by Gasteiger charge is 2.26. The van der Waals surface area contributed by atoms with Crippen molar-refractivity contribution in [2.45, 2.75) is 32.2 Å². The van der Waals surface area contributed by atoms with Crippen LogP contribution in [0.1, 0.15) is 36.5 Å². The molecule has 1 atom stereocenters. The van der Waals surface area contributed by atoms with Gasteiger partial charge in [0.25, 0.3) is 11.6 Å². The molecule has 1 aromatic rings. The van der Waals surface area contributed by atoms with Gasteiger partial charge in [0.05, 0.1) is 11.5 Å². The van der Waals surface area contributed by atoms with E-state index in [1.807, 2.05) is 6.92 Å². The van der Waals surface area contributed by atoms with Crippen LogP contribution in [0.3, 0.4) is 0 Å². The van der Waals surface area contributed by atoms with Gasteiger partial charge in [-0.25, -0.2) is 0 Å². The number of hydrogen-bond acceptors (Lipinski definition) is 5. The van der Waals surface area contributed by atoms with Crippen molar-refractivity contribution in [2.24, 2.45) is 0 Å². The average molecular weight is 321 g/mol. The molecule has 1 N–H and O–H groups in total. The molecule has 0 aromatic heterocycles. The van der Waals surface area contributed by atoms with Crippen LogP contribution in [-0.2, 0) is 4.74 Å². The Balaban J connectivity index is 2.20. The molecule has 2 rings (SSSR count). The molecule has 1 aliphatic rings. The third-order valence-electron chi connectivity index (χ3n) is 4.13. The number of carbonyl (C=O) groups is 1. The van der Waals surface area contributed by atoms with Gasteiger partial charge in [0, 0.05) is 37.9 Å². The van der Waals surface area contributed by atoms with Gasteiger partial charge >= 0.3 is 0 Å². The van der Waals surface area contributed by atoms with E-state index < -0.39 is 4.92 Å². The highest BCUT2D eigenvalue weighted by atomic mass is 16.6. The largest absolute Gasteiger partial charge is 0.383 e. The minimum atomic E-state index is -0.467. The molecular formula is C16H23N3O4. The van der Waals surface area contributed by atoms with E-state index in [-0.39, 0.29) is 17.6 Å². The highest BCUT2D eigenvalue weighted by Crippen LogP contribution is 2.27. The van der Waals surface area contributed by atoms with E-state index in [4.69, 9.17) is 4.74 Å². The molecule has 0 bridgehead atoms. The number of rotatable bonds is 6. The minimum absolute atomic E-state index is 0.0865. The van der Waals surface area contributed by atoms with E-state index in [9.17, 15) is 14.9 Å². The molecule has 0 saturated carbocycles. The number of nitro benzene ring substituents is 1. The predicted octanol–water partition coefficient (Wildman–Crippen LogP) is 2.67. The average Bonchev–Trinajstić information content (AvgIpc) is 2.55. The Bertz CT molecular complexity index is 576. The summed E-state index contributed by atoms with van der Waals surface area (Å²) in [5.74, 6) is -0.135. The molecule has 0 spiro atoms. The van der Waals surface area contributed by atoms with E-state index >= 15 is 0 Å². The minimum Gasteiger partial charge on any atom is -0.383 e. The molecule has 1 amide bonds. The number of anilines is 1. The molecule has 0 aliphatic carbocycles. The lowest BCUT2D eigenvalue weighted by Crippen LogP contribution is -2.42. The Morgan fingerprint density at radius 3 is 2.91 bits per heavy atom. The quantitative estimate of drug-likeness (QED) is 0.494. The van der Waals surface area contributed by atoms with Gasteiger partial charge in [0.15, 0.2) is 0 Å². The third kappa shape index (κ3) is 4.19. The molecular weight excluding hydrogens is 298 g/mol. The fourth-order valence-corrected chi connectivity index (χ4v) is 2.82. The Labute approximate surface area is 135 Å². The SMILES string of the molecule is COCCNc1ccc(C(=O)N2CCCCC2C)cc1[N+](=O)[O-]. The van der Waals surface area contributed by atoms with E-state index in [0.717, 1.165) is 19.3 Å². The summed E-state index contributed by atoms with van der Waals surface area (Å²) in [5, 5.41) is 14.2. The molecule has 1 aromatic carbocycles. The number of piperidine rings is 1. The maximum Gasteiger partial charge on any atom is 0.293 e. The molecule has 7 heteroatoms. The van der Waals surface area contributed by atoms with Crippen molar-refractivity contribution in [1.82, 2.24) is 4.90 Å². The molecule has 1 heterocycles. The smallest absolute Gasteiger partial charge is 0.293 e. The van der Waals surface area contributed by atoms with E-state index in [2.05, 4.69) is 5.32 Å². The number of likely N-dealkylation sites (tertiary alicyclic amines) is 1. The number of nitro groups is 1. The van der Waals surface area contributed by atoms with Crippen molar-refractivity contribution in [3.05, 3.63) is 33.9 Å². The van der Waals surface area contributed by atoms with Crippen molar-refractivity contribution in [3.8, 4) is 0 Å². The van der Waals surface area contributed by atoms with Gasteiger partial charge in [-0.3, -0.25) is 14.9 Å². The monoisotopic (exact) mass is 321 g/mol. The molecule has 1 aliphatic heterocycles. The van der Waals surface area contributed by atoms with Gasteiger partial charge in [-0.2, -0.15) is 0 Å². The fourth-order valence-electron chi connectivity index (χ4n) is 2.82. The van der Waals surface area contributed by atoms with Crippen LogP contribution >= 0.6 is 0 Å². The van der Waals surface area contributed by atoms with Gasteiger partial charge in [-0.05, 0) is 38.3 Å². The maximum absolute atomic E-state index is 12.6. The van der Waals surface area contributed by atoms with Crippen molar-refractivity contribution in [3.63, 3.8) is 0 Å². The Kier molecular flexibility index (Phi) is 5.92. The fraction of sp³-hybridized carbons (Fsp3) is 0.562. The summed E-state index contributed by atoms with van der Waals surface area (Å²) in [6, 6.07) is 4.77. The number of ether oxygens (including phenoxy) is 1. The lowest BCUT2D eigenvalue weighted by atomic mass is 10.0. The van der Waals surface area contributed by atoms with Crippen LogP contribution in [-0.4, -0.2) is 48.6 Å². The van der Waals surface area contributed by atoms with Gasteiger partial charge in [0.1, 0.15) is 5.69 Å². The summed E-state index contributed by atoms with van der Waals surface area (Å²) in [4.78, 5) is 25.2. The van der Waals surface area contributed by atoms with Gasteiger partial charge in [0.2, 0.25) is 0 Å². The van der Waals surface area contributed by atoms with Crippen LogP contribution in [0.4, 0.5) is 11.4 Å². The van der Waals surface area contributed by atoms with Crippen molar-refractivity contribution in [1.29, 1.82) is 0 Å². The summed E-state index contributed by atoms with van der Waals surface area (Å²) in [7, 11) is 1.57. The first-order valence-corrected chi connectivity index (χ1v) is 7.87. The van der Waals surface area contributed by atoms with Crippen molar-refractivity contribution in [2.75, 3.05) is 32.1 Å². The van der Waals surface area contributed by atoms with E-state index in [1.165, 1.54) is 6.07 Å². The number of nitrogens with zero attached hydrogens (tertiary/aromatic N) is 2. The number of carbonyl (C=O) groups excluding carboxylic acids is 1. The zero-order chi connectivity index (χ0) is 16.8. The Morgan fingerprint density at radius 1 is 1.48 bits per heavy atom. The summed E-state index contributed by atoms with van der Waals surface area (Å²) < 4.78 is 4.92. The standard InChI is InChI=1S/C16H23N3O4/c1-12-5-3-4-9-18(12)16(20)13-6-7-14(17-8-10-23-2)15(11-13)19(21)22/h6-7,11-12,17H,3-5,8-10H2,1-2H3. The molecule has 1 unspecified atom stereocenters. The summed E-state index contributed by atoms with van der Waals surface area (Å²) in [6.07, 6.45) is 3.08. The first-order chi connectivity index (χ1) is 11.0. The van der Waals surface area contributed by atoms with Crippen LogP contribution < -0.4 is 5.32 Å². The number of amides is 1. The third-order valence-corrected chi connectivity index (χ3v) is 4.13. The Hall–Kier alpha value is -2.15. The number of methoxy groups -OCH3 is 1. The summed E-state index contributed by atoms with van der Waals surface area (Å²) in [5.41, 5.74) is 0.676. The maximum atomic E-state index is 12.6. The number of hydrogen-bond donors (Lipinski definition) is 1. The number of benzene rings is 1. The van der Waals surface area contributed by atoms with Crippen LogP contribution in [0, 0.1) is 10.1 Å². The first-order valence-electron chi connectivity index (χ1n) is 7.87. The normalized spacial score (nSPS) is 17.8. The molecule has 23 heavy (non-hydrogen) atoms. The van der Waals surface area contributed by atoms with Crippen molar-refractivity contribution < 1.29 is 14.5 Å². The van der Waals surface area contributed by atoms with Crippen LogP contribution in [0.2, 0.25) is 0 Å². The first kappa shape index (κ1) is 17.2.